The number of benzene rings is 2. The molecule has 0 aromatic heterocycles. The maximum atomic E-state index is 12.9. The van der Waals surface area contributed by atoms with Crippen molar-refractivity contribution in [2.45, 2.75) is 32.9 Å². The number of urea groups is 1. The van der Waals surface area contributed by atoms with Crippen molar-refractivity contribution in [3.05, 3.63) is 71.3 Å². The summed E-state index contributed by atoms with van der Waals surface area (Å²) < 4.78 is 15.8. The van der Waals surface area contributed by atoms with E-state index in [-0.39, 0.29) is 13.2 Å². The molecule has 0 bridgehead atoms. The standard InChI is InChI=1S/C24H26N2O6/c1-4-30-22(27)15(3)32-18-13-11-17(12-14-18)21-19(23(28)31-5-2)20(25-24(29)26-21)16-9-7-6-8-10-16/h6-15,21H,4-5H2,1-3H3,(H2,25,26,29)/t15-,21-/m1/s1. The molecule has 32 heavy (non-hydrogen) atoms. The third kappa shape index (κ3) is 5.26. The van der Waals surface area contributed by atoms with Crippen molar-refractivity contribution in [1.29, 1.82) is 0 Å². The molecule has 2 aromatic carbocycles. The van der Waals surface area contributed by atoms with E-state index < -0.39 is 30.1 Å². The first-order chi connectivity index (χ1) is 15.4. The minimum Gasteiger partial charge on any atom is -0.479 e. The zero-order valence-corrected chi connectivity index (χ0v) is 18.2. The summed E-state index contributed by atoms with van der Waals surface area (Å²) in [5.41, 5.74) is 2.05. The van der Waals surface area contributed by atoms with Crippen LogP contribution in [-0.2, 0) is 19.1 Å². The van der Waals surface area contributed by atoms with Gasteiger partial charge in [-0.15, -0.1) is 0 Å². The minimum atomic E-state index is -0.765. The fraction of sp³-hybridized carbons (Fsp3) is 0.292. The van der Waals surface area contributed by atoms with Crippen LogP contribution in [0.25, 0.3) is 5.70 Å². The zero-order chi connectivity index (χ0) is 23.1. The van der Waals surface area contributed by atoms with Gasteiger partial charge < -0.3 is 24.8 Å². The Bertz CT molecular complexity index is 1000. The van der Waals surface area contributed by atoms with Gasteiger partial charge in [-0.1, -0.05) is 42.5 Å². The van der Waals surface area contributed by atoms with Gasteiger partial charge in [0, 0.05) is 0 Å². The number of carbonyl (C=O) groups is 3. The molecular formula is C24H26N2O6. The maximum absolute atomic E-state index is 12.9. The van der Waals surface area contributed by atoms with E-state index in [4.69, 9.17) is 14.2 Å². The largest absolute Gasteiger partial charge is 0.479 e. The first-order valence-electron chi connectivity index (χ1n) is 10.4. The molecule has 2 N–H and O–H groups in total. The van der Waals surface area contributed by atoms with Gasteiger partial charge in [0.2, 0.25) is 0 Å². The quantitative estimate of drug-likeness (QED) is 0.613. The Morgan fingerprint density at radius 1 is 0.969 bits per heavy atom. The van der Waals surface area contributed by atoms with Gasteiger partial charge in [0.25, 0.3) is 0 Å². The van der Waals surface area contributed by atoms with Crippen LogP contribution in [0.1, 0.15) is 37.9 Å². The molecule has 1 aliphatic rings. The second-order valence-electron chi connectivity index (χ2n) is 6.99. The molecule has 0 saturated carbocycles. The SMILES string of the molecule is CCOC(=O)C1=C(c2ccccc2)NC(=O)N[C@@H]1c1ccc(O[C@H](C)C(=O)OCC)cc1. The summed E-state index contributed by atoms with van der Waals surface area (Å²) in [4.78, 5) is 37.1. The van der Waals surface area contributed by atoms with Crippen LogP contribution < -0.4 is 15.4 Å². The van der Waals surface area contributed by atoms with Crippen molar-refractivity contribution >= 4 is 23.7 Å². The Morgan fingerprint density at radius 2 is 1.62 bits per heavy atom. The Balaban J connectivity index is 1.94. The topological polar surface area (TPSA) is 103 Å². The molecule has 0 unspecified atom stereocenters. The van der Waals surface area contributed by atoms with Crippen LogP contribution in [0, 0.1) is 0 Å². The van der Waals surface area contributed by atoms with Gasteiger partial charge in [-0.05, 0) is 44.0 Å². The van der Waals surface area contributed by atoms with E-state index in [9.17, 15) is 14.4 Å². The highest BCUT2D eigenvalue weighted by atomic mass is 16.6. The van der Waals surface area contributed by atoms with Gasteiger partial charge in [-0.25, -0.2) is 14.4 Å². The molecule has 168 valence electrons. The van der Waals surface area contributed by atoms with Gasteiger partial charge in [-0.3, -0.25) is 0 Å². The highest BCUT2D eigenvalue weighted by Gasteiger charge is 2.34. The second-order valence-corrected chi connectivity index (χ2v) is 6.99. The average molecular weight is 438 g/mol. The van der Waals surface area contributed by atoms with E-state index in [0.29, 0.717) is 28.1 Å². The van der Waals surface area contributed by atoms with Crippen LogP contribution in [0.3, 0.4) is 0 Å². The Kier molecular flexibility index (Phi) is 7.49. The maximum Gasteiger partial charge on any atom is 0.347 e. The normalized spacial score (nSPS) is 16.5. The van der Waals surface area contributed by atoms with E-state index >= 15 is 0 Å². The summed E-state index contributed by atoms with van der Waals surface area (Å²) in [5.74, 6) is -0.526. The molecule has 0 saturated heterocycles. The molecule has 8 heteroatoms. The van der Waals surface area contributed by atoms with Gasteiger partial charge >= 0.3 is 18.0 Å². The van der Waals surface area contributed by atoms with Gasteiger partial charge in [0.15, 0.2) is 6.10 Å². The lowest BCUT2D eigenvalue weighted by atomic mass is 9.92. The average Bonchev–Trinajstić information content (AvgIpc) is 2.80. The lowest BCUT2D eigenvalue weighted by molar-refractivity contribution is -0.150. The van der Waals surface area contributed by atoms with Crippen molar-refractivity contribution < 1.29 is 28.6 Å². The molecule has 1 heterocycles. The number of esters is 2. The van der Waals surface area contributed by atoms with Crippen molar-refractivity contribution in [3.63, 3.8) is 0 Å². The third-order valence-electron chi connectivity index (χ3n) is 4.77. The molecule has 0 fully saturated rings. The molecule has 8 nitrogen and oxygen atoms in total. The van der Waals surface area contributed by atoms with Crippen LogP contribution >= 0.6 is 0 Å². The van der Waals surface area contributed by atoms with Gasteiger partial charge in [-0.2, -0.15) is 0 Å². The van der Waals surface area contributed by atoms with E-state index in [1.165, 1.54) is 0 Å². The smallest absolute Gasteiger partial charge is 0.347 e. The first-order valence-corrected chi connectivity index (χ1v) is 10.4. The van der Waals surface area contributed by atoms with Crippen LogP contribution in [-0.4, -0.2) is 37.3 Å². The molecule has 2 amide bonds. The summed E-state index contributed by atoms with van der Waals surface area (Å²) in [6.45, 7) is 5.52. The fourth-order valence-electron chi connectivity index (χ4n) is 3.33. The van der Waals surface area contributed by atoms with Crippen LogP contribution in [0.15, 0.2) is 60.2 Å². The molecule has 2 atom stereocenters. The van der Waals surface area contributed by atoms with Crippen molar-refractivity contribution in [1.82, 2.24) is 10.6 Å². The summed E-state index contributed by atoms with van der Waals surface area (Å²) >= 11 is 0. The lowest BCUT2D eigenvalue weighted by Crippen LogP contribution is -2.45. The number of carbonyl (C=O) groups excluding carboxylic acids is 3. The monoisotopic (exact) mass is 438 g/mol. The van der Waals surface area contributed by atoms with E-state index in [0.717, 1.165) is 0 Å². The minimum absolute atomic E-state index is 0.198. The highest BCUT2D eigenvalue weighted by Crippen LogP contribution is 2.32. The van der Waals surface area contributed by atoms with Crippen LogP contribution in [0.4, 0.5) is 4.79 Å². The number of hydrogen-bond donors (Lipinski definition) is 2. The third-order valence-corrected chi connectivity index (χ3v) is 4.77. The molecular weight excluding hydrogens is 412 g/mol. The van der Waals surface area contributed by atoms with E-state index in [1.807, 2.05) is 30.3 Å². The lowest BCUT2D eigenvalue weighted by Gasteiger charge is -2.29. The van der Waals surface area contributed by atoms with Gasteiger partial charge in [0.1, 0.15) is 5.75 Å². The molecule has 3 rings (SSSR count). The number of rotatable bonds is 8. The molecule has 0 spiro atoms. The van der Waals surface area contributed by atoms with E-state index in [2.05, 4.69) is 10.6 Å². The predicted molar refractivity (Wildman–Crippen MR) is 118 cm³/mol. The Hall–Kier alpha value is -3.81. The Morgan fingerprint density at radius 3 is 2.25 bits per heavy atom. The van der Waals surface area contributed by atoms with Crippen molar-refractivity contribution in [2.24, 2.45) is 0 Å². The number of ether oxygens (including phenoxy) is 3. The number of nitrogens with one attached hydrogen (secondary N) is 2. The van der Waals surface area contributed by atoms with Crippen molar-refractivity contribution in [2.75, 3.05) is 13.2 Å². The van der Waals surface area contributed by atoms with Crippen LogP contribution in [0.5, 0.6) is 5.75 Å². The number of hydrogen-bond acceptors (Lipinski definition) is 6. The highest BCUT2D eigenvalue weighted by molar-refractivity contribution is 6.04. The molecule has 0 aliphatic carbocycles. The summed E-state index contributed by atoms with van der Waals surface area (Å²) in [6, 6.07) is 14.8. The number of amides is 2. The second kappa shape index (κ2) is 10.5. The fourth-order valence-corrected chi connectivity index (χ4v) is 3.33. The summed E-state index contributed by atoms with van der Waals surface area (Å²) in [5, 5.41) is 5.53. The first kappa shape index (κ1) is 22.9. The molecule has 2 aromatic rings. The van der Waals surface area contributed by atoms with Crippen LogP contribution in [0.2, 0.25) is 0 Å². The van der Waals surface area contributed by atoms with Crippen molar-refractivity contribution in [3.8, 4) is 5.75 Å². The Labute approximate surface area is 186 Å². The van der Waals surface area contributed by atoms with E-state index in [1.54, 1.807) is 45.0 Å². The molecule has 1 aliphatic heterocycles. The predicted octanol–water partition coefficient (Wildman–Crippen LogP) is 3.35. The summed E-state index contributed by atoms with van der Waals surface area (Å²) in [7, 11) is 0. The summed E-state index contributed by atoms with van der Waals surface area (Å²) in [6.07, 6.45) is -0.765. The molecule has 0 radical (unpaired) electrons. The zero-order valence-electron chi connectivity index (χ0n) is 18.2. The van der Waals surface area contributed by atoms with Gasteiger partial charge in [0.05, 0.1) is 30.5 Å².